The third kappa shape index (κ3) is 4.88. The lowest BCUT2D eigenvalue weighted by molar-refractivity contribution is 0.184. The maximum absolute atomic E-state index is 12.7. The van der Waals surface area contributed by atoms with Crippen molar-refractivity contribution in [3.63, 3.8) is 0 Å². The average molecular weight is 441 g/mol. The van der Waals surface area contributed by atoms with Crippen molar-refractivity contribution < 1.29 is 18.0 Å². The van der Waals surface area contributed by atoms with Crippen molar-refractivity contribution in [1.82, 2.24) is 19.0 Å². The first-order chi connectivity index (χ1) is 14.9. The summed E-state index contributed by atoms with van der Waals surface area (Å²) in [7, 11) is -3.45. The van der Waals surface area contributed by atoms with Crippen LogP contribution in [0.3, 0.4) is 0 Å². The number of aromatic nitrogens is 3. The van der Waals surface area contributed by atoms with Gasteiger partial charge >= 0.3 is 0 Å². The molecule has 3 aromatic rings. The predicted molar refractivity (Wildman–Crippen MR) is 113 cm³/mol. The number of aliphatic hydroxyl groups excluding tert-OH is 1. The van der Waals surface area contributed by atoms with Crippen molar-refractivity contribution in [2.24, 2.45) is 0 Å². The van der Waals surface area contributed by atoms with E-state index in [0.717, 1.165) is 19.3 Å². The molecule has 1 atom stereocenters. The number of imidazole rings is 1. The van der Waals surface area contributed by atoms with Crippen LogP contribution in [-0.2, 0) is 16.6 Å². The monoisotopic (exact) mass is 440 g/mol. The van der Waals surface area contributed by atoms with Crippen LogP contribution in [0.25, 0.3) is 0 Å². The Morgan fingerprint density at radius 3 is 2.61 bits per heavy atom. The van der Waals surface area contributed by atoms with Gasteiger partial charge in [0.05, 0.1) is 11.4 Å². The van der Waals surface area contributed by atoms with Gasteiger partial charge in [-0.2, -0.15) is 4.31 Å². The topological polar surface area (TPSA) is 101 Å². The molecule has 0 aliphatic carbocycles. The van der Waals surface area contributed by atoms with Gasteiger partial charge in [-0.15, -0.1) is 0 Å². The molecule has 1 fully saturated rings. The third-order valence-electron chi connectivity index (χ3n) is 5.15. The Morgan fingerprint density at radius 1 is 1.16 bits per heavy atom. The zero-order valence-corrected chi connectivity index (χ0v) is 18.0. The molecule has 0 spiro atoms. The van der Waals surface area contributed by atoms with E-state index in [4.69, 9.17) is 4.52 Å². The Hall–Kier alpha value is -2.93. The van der Waals surface area contributed by atoms with E-state index in [0.29, 0.717) is 42.5 Å². The second-order valence-electron chi connectivity index (χ2n) is 7.51. The molecule has 3 heterocycles. The van der Waals surface area contributed by atoms with Gasteiger partial charge in [0.1, 0.15) is 17.6 Å². The van der Waals surface area contributed by atoms with Gasteiger partial charge in [-0.1, -0.05) is 17.5 Å². The van der Waals surface area contributed by atoms with Crippen LogP contribution in [0.5, 0.6) is 0 Å². The first kappa shape index (κ1) is 21.3. The summed E-state index contributed by atoms with van der Waals surface area (Å²) in [6.07, 6.45) is 5.60. The lowest BCUT2D eigenvalue weighted by Crippen LogP contribution is -2.35. The van der Waals surface area contributed by atoms with Gasteiger partial charge in [-0.3, -0.25) is 0 Å². The molecule has 8 nitrogen and oxygen atoms in total. The van der Waals surface area contributed by atoms with Gasteiger partial charge in [0.15, 0.2) is 0 Å². The molecular weight excluding hydrogens is 416 g/mol. The normalized spacial score (nSPS) is 15.9. The van der Waals surface area contributed by atoms with Crippen LogP contribution in [0.1, 0.15) is 55.1 Å². The van der Waals surface area contributed by atoms with Crippen molar-refractivity contribution in [3.05, 3.63) is 65.6 Å². The molecule has 1 aliphatic rings. The first-order valence-electron chi connectivity index (χ1n) is 10.2. The molecule has 31 heavy (non-hydrogen) atoms. The van der Waals surface area contributed by atoms with Gasteiger partial charge in [0.25, 0.3) is 0 Å². The highest BCUT2D eigenvalue weighted by molar-refractivity contribution is 7.89. The van der Waals surface area contributed by atoms with Crippen LogP contribution in [-0.4, -0.2) is 45.6 Å². The molecule has 1 N–H and O–H groups in total. The summed E-state index contributed by atoms with van der Waals surface area (Å²) in [4.78, 5) is 4.42. The van der Waals surface area contributed by atoms with Crippen molar-refractivity contribution in [2.75, 3.05) is 13.1 Å². The van der Waals surface area contributed by atoms with E-state index >= 15 is 0 Å². The first-order valence-corrected chi connectivity index (χ1v) is 11.6. The van der Waals surface area contributed by atoms with Crippen LogP contribution >= 0.6 is 0 Å². The Morgan fingerprint density at radius 2 is 1.90 bits per heavy atom. The molecule has 162 valence electrons. The maximum atomic E-state index is 12.7. The van der Waals surface area contributed by atoms with Gasteiger partial charge in [0.2, 0.25) is 15.8 Å². The molecule has 0 unspecified atom stereocenters. The summed E-state index contributed by atoms with van der Waals surface area (Å²) in [6.45, 7) is 3.22. The molecule has 2 aromatic heterocycles. The number of rotatable bonds is 5. The van der Waals surface area contributed by atoms with Crippen molar-refractivity contribution >= 4 is 10.0 Å². The average Bonchev–Trinajstić information content (AvgIpc) is 3.43. The van der Waals surface area contributed by atoms with E-state index in [1.165, 1.54) is 0 Å². The summed E-state index contributed by atoms with van der Waals surface area (Å²) in [5.41, 5.74) is 1.34. The molecule has 9 heteroatoms. The zero-order chi connectivity index (χ0) is 21.8. The Bertz CT molecular complexity index is 1190. The molecule has 0 amide bonds. The van der Waals surface area contributed by atoms with Crippen LogP contribution in [0.15, 0.2) is 52.1 Å². The number of nitrogens with zero attached hydrogens (tertiary/aromatic N) is 4. The van der Waals surface area contributed by atoms with E-state index in [1.807, 2.05) is 0 Å². The summed E-state index contributed by atoms with van der Waals surface area (Å²) in [6, 6.07) is 8.31. The summed E-state index contributed by atoms with van der Waals surface area (Å²) >= 11 is 0. The standard InChI is InChI=1S/C22H24N4O4S/c1-17(27)22-23-11-14-25(22)16-19-15-20(30-24-19)8-5-18-6-9-21(10-7-18)31(28,29)26-12-3-2-4-13-26/h6-7,9-11,14-15,17,27H,2-4,12-13,16H2,1H3/t17-/m0/s1. The predicted octanol–water partition coefficient (Wildman–Crippen LogP) is 2.55. The Balaban J connectivity index is 1.44. The van der Waals surface area contributed by atoms with E-state index in [1.54, 1.807) is 58.5 Å². The number of sulfonamides is 1. The third-order valence-corrected chi connectivity index (χ3v) is 7.06. The zero-order valence-electron chi connectivity index (χ0n) is 17.2. The van der Waals surface area contributed by atoms with Crippen LogP contribution in [0.4, 0.5) is 0 Å². The number of piperidine rings is 1. The minimum absolute atomic E-state index is 0.288. The second kappa shape index (κ2) is 9.06. The van der Waals surface area contributed by atoms with Crippen LogP contribution in [0.2, 0.25) is 0 Å². The SMILES string of the molecule is C[C@H](O)c1nccn1Cc1cc(C#Cc2ccc(S(=O)(=O)N3CCCCC3)cc2)on1. The number of hydrogen-bond acceptors (Lipinski definition) is 6. The quantitative estimate of drug-likeness (QED) is 0.612. The fourth-order valence-corrected chi connectivity index (χ4v) is 5.06. The summed E-state index contributed by atoms with van der Waals surface area (Å²) < 4.78 is 34.1. The highest BCUT2D eigenvalue weighted by atomic mass is 32.2. The number of hydrogen-bond donors (Lipinski definition) is 1. The molecule has 1 saturated heterocycles. The van der Waals surface area contributed by atoms with E-state index < -0.39 is 16.1 Å². The number of aliphatic hydroxyl groups is 1. The fraction of sp³-hybridized carbons (Fsp3) is 0.364. The minimum Gasteiger partial charge on any atom is -0.385 e. The highest BCUT2D eigenvalue weighted by Gasteiger charge is 2.25. The summed E-state index contributed by atoms with van der Waals surface area (Å²) in [5.74, 6) is 6.83. The second-order valence-corrected chi connectivity index (χ2v) is 9.45. The van der Waals surface area contributed by atoms with E-state index in [2.05, 4.69) is 22.0 Å². The van der Waals surface area contributed by atoms with Crippen LogP contribution in [0, 0.1) is 11.8 Å². The molecular formula is C22H24N4O4S. The smallest absolute Gasteiger partial charge is 0.243 e. The van der Waals surface area contributed by atoms with Gasteiger partial charge in [-0.05, 0) is 50.0 Å². The number of benzene rings is 1. The Kier molecular flexibility index (Phi) is 6.23. The highest BCUT2D eigenvalue weighted by Crippen LogP contribution is 2.20. The van der Waals surface area contributed by atoms with Gasteiger partial charge in [0, 0.05) is 37.1 Å². The maximum Gasteiger partial charge on any atom is 0.243 e. The summed E-state index contributed by atoms with van der Waals surface area (Å²) in [5, 5.41) is 13.8. The molecule has 1 aromatic carbocycles. The fourth-order valence-electron chi connectivity index (χ4n) is 3.54. The molecule has 0 radical (unpaired) electrons. The molecule has 4 rings (SSSR count). The lowest BCUT2D eigenvalue weighted by atomic mass is 10.2. The Labute approximate surface area is 181 Å². The van der Waals surface area contributed by atoms with E-state index in [9.17, 15) is 13.5 Å². The van der Waals surface area contributed by atoms with Gasteiger partial charge in [-0.25, -0.2) is 13.4 Å². The largest absolute Gasteiger partial charge is 0.385 e. The molecule has 1 aliphatic heterocycles. The van der Waals surface area contributed by atoms with Gasteiger partial charge < -0.3 is 14.2 Å². The minimum atomic E-state index is -3.45. The molecule has 0 bridgehead atoms. The molecule has 0 saturated carbocycles. The lowest BCUT2D eigenvalue weighted by Gasteiger charge is -2.25. The van der Waals surface area contributed by atoms with Crippen molar-refractivity contribution in [2.45, 2.75) is 43.7 Å². The van der Waals surface area contributed by atoms with E-state index in [-0.39, 0.29) is 4.90 Å². The van der Waals surface area contributed by atoms with Crippen LogP contribution < -0.4 is 0 Å². The van der Waals surface area contributed by atoms with Crippen molar-refractivity contribution in [3.8, 4) is 11.8 Å². The van der Waals surface area contributed by atoms with Crippen molar-refractivity contribution in [1.29, 1.82) is 0 Å².